The lowest BCUT2D eigenvalue weighted by Crippen LogP contribution is -2.72. The minimum atomic E-state index is -1.36. The van der Waals surface area contributed by atoms with Crippen molar-refractivity contribution in [3.8, 4) is 0 Å². The lowest BCUT2D eigenvalue weighted by atomic mass is 9.87. The molecule has 0 aliphatic carbocycles. The standard InChI is InChI=1S/C40H43NO6/c1-3-25-40(41-36(42)4-2)39(46-29-34-23-15-8-16-24-34)38(45-28-33-21-13-7-14-22-33)37(44-27-32-19-11-6-12-20-32)35(47-40)30-43-26-31-17-9-5-10-18-31/h3-24,35,37-39H,1-2,25-30H2,(H,41,42)/t35-,37-,38+,39-,40+/m1/s1. The molecule has 0 radical (unpaired) electrons. The Morgan fingerprint density at radius 2 is 1.11 bits per heavy atom. The van der Waals surface area contributed by atoms with Crippen molar-refractivity contribution in [3.63, 3.8) is 0 Å². The average molecular weight is 634 g/mol. The molecule has 4 aromatic carbocycles. The Bertz CT molecular complexity index is 1520. The molecule has 0 bridgehead atoms. The number of carbonyl (C=O) groups is 1. The van der Waals surface area contributed by atoms with Crippen LogP contribution in [0.25, 0.3) is 0 Å². The van der Waals surface area contributed by atoms with Gasteiger partial charge in [0.1, 0.15) is 24.4 Å². The Hall–Kier alpha value is -4.37. The van der Waals surface area contributed by atoms with Crippen LogP contribution in [0, 0.1) is 0 Å². The smallest absolute Gasteiger partial charge is 0.245 e. The molecule has 1 amide bonds. The highest BCUT2D eigenvalue weighted by Gasteiger charge is 2.57. The molecule has 7 heteroatoms. The van der Waals surface area contributed by atoms with E-state index in [2.05, 4.69) is 18.5 Å². The molecule has 0 spiro atoms. The van der Waals surface area contributed by atoms with Crippen molar-refractivity contribution in [2.24, 2.45) is 0 Å². The Balaban J connectivity index is 1.53. The molecule has 4 aromatic rings. The Morgan fingerprint density at radius 1 is 0.660 bits per heavy atom. The zero-order chi connectivity index (χ0) is 32.7. The summed E-state index contributed by atoms with van der Waals surface area (Å²) in [6.07, 6.45) is 0.396. The first kappa shape index (κ1) is 34.0. The molecule has 1 aliphatic heterocycles. The molecule has 1 saturated heterocycles. The van der Waals surface area contributed by atoms with Gasteiger partial charge < -0.3 is 29.0 Å². The highest BCUT2D eigenvalue weighted by molar-refractivity contribution is 5.87. The maximum Gasteiger partial charge on any atom is 0.245 e. The van der Waals surface area contributed by atoms with Gasteiger partial charge in [0, 0.05) is 6.42 Å². The van der Waals surface area contributed by atoms with Crippen molar-refractivity contribution in [2.75, 3.05) is 6.61 Å². The van der Waals surface area contributed by atoms with E-state index in [1.54, 1.807) is 6.08 Å². The summed E-state index contributed by atoms with van der Waals surface area (Å²) in [5.41, 5.74) is 2.62. The lowest BCUT2D eigenvalue weighted by molar-refractivity contribution is -0.313. The summed E-state index contributed by atoms with van der Waals surface area (Å²) < 4.78 is 33.4. The van der Waals surface area contributed by atoms with Gasteiger partial charge in [0.25, 0.3) is 0 Å². The number of rotatable bonds is 17. The summed E-state index contributed by atoms with van der Waals surface area (Å²) in [6.45, 7) is 9.12. The summed E-state index contributed by atoms with van der Waals surface area (Å²) in [7, 11) is 0. The number of nitrogens with one attached hydrogen (secondary N) is 1. The number of benzene rings is 4. The van der Waals surface area contributed by atoms with Crippen molar-refractivity contribution >= 4 is 5.91 Å². The van der Waals surface area contributed by atoms with E-state index in [4.69, 9.17) is 23.7 Å². The Kier molecular flexibility index (Phi) is 12.7. The normalized spacial score (nSPS) is 22.3. The van der Waals surface area contributed by atoms with E-state index in [-0.39, 0.29) is 19.6 Å². The molecular formula is C40H43NO6. The van der Waals surface area contributed by atoms with Gasteiger partial charge in [-0.2, -0.15) is 0 Å². The van der Waals surface area contributed by atoms with Crippen LogP contribution < -0.4 is 5.32 Å². The molecule has 0 aromatic heterocycles. The third-order valence-electron chi connectivity index (χ3n) is 8.01. The van der Waals surface area contributed by atoms with Crippen LogP contribution >= 0.6 is 0 Å². The van der Waals surface area contributed by atoms with E-state index in [0.717, 1.165) is 22.3 Å². The van der Waals surface area contributed by atoms with E-state index in [1.807, 2.05) is 121 Å². The minimum absolute atomic E-state index is 0.174. The fourth-order valence-corrected chi connectivity index (χ4v) is 5.75. The first-order chi connectivity index (χ1) is 23.1. The van der Waals surface area contributed by atoms with Gasteiger partial charge in [0.2, 0.25) is 5.91 Å². The van der Waals surface area contributed by atoms with Crippen LogP contribution in [-0.2, 0) is 54.9 Å². The predicted octanol–water partition coefficient (Wildman–Crippen LogP) is 6.93. The van der Waals surface area contributed by atoms with E-state index in [1.165, 1.54) is 6.08 Å². The minimum Gasteiger partial charge on any atom is -0.374 e. The van der Waals surface area contributed by atoms with Crippen LogP contribution in [0.15, 0.2) is 147 Å². The molecule has 0 saturated carbocycles. The number of carbonyl (C=O) groups excluding carboxylic acids is 1. The van der Waals surface area contributed by atoms with Gasteiger partial charge in [0.05, 0.1) is 33.0 Å². The van der Waals surface area contributed by atoms with Gasteiger partial charge in [-0.15, -0.1) is 6.58 Å². The van der Waals surface area contributed by atoms with Crippen molar-refractivity contribution in [3.05, 3.63) is 169 Å². The van der Waals surface area contributed by atoms with E-state index in [9.17, 15) is 4.79 Å². The van der Waals surface area contributed by atoms with Crippen LogP contribution in [0.1, 0.15) is 28.7 Å². The Labute approximate surface area is 277 Å². The van der Waals surface area contributed by atoms with E-state index < -0.39 is 36.0 Å². The highest BCUT2D eigenvalue weighted by Crippen LogP contribution is 2.38. The highest BCUT2D eigenvalue weighted by atomic mass is 16.6. The third-order valence-corrected chi connectivity index (χ3v) is 8.01. The molecule has 5 atom stereocenters. The predicted molar refractivity (Wildman–Crippen MR) is 182 cm³/mol. The van der Waals surface area contributed by atoms with Crippen molar-refractivity contribution in [1.82, 2.24) is 5.32 Å². The van der Waals surface area contributed by atoms with Gasteiger partial charge in [0.15, 0.2) is 5.72 Å². The van der Waals surface area contributed by atoms with Crippen LogP contribution in [0.5, 0.6) is 0 Å². The van der Waals surface area contributed by atoms with Crippen LogP contribution in [-0.4, -0.2) is 42.7 Å². The molecule has 1 fully saturated rings. The molecular weight excluding hydrogens is 590 g/mol. The molecule has 0 unspecified atom stereocenters. The van der Waals surface area contributed by atoms with Gasteiger partial charge in [-0.1, -0.05) is 134 Å². The van der Waals surface area contributed by atoms with Crippen LogP contribution in [0.4, 0.5) is 0 Å². The van der Waals surface area contributed by atoms with E-state index >= 15 is 0 Å². The maximum absolute atomic E-state index is 13.1. The fraction of sp³-hybridized carbons (Fsp3) is 0.275. The van der Waals surface area contributed by atoms with Crippen molar-refractivity contribution in [2.45, 2.75) is 63.0 Å². The first-order valence-corrected chi connectivity index (χ1v) is 15.9. The average Bonchev–Trinajstić information content (AvgIpc) is 3.11. The van der Waals surface area contributed by atoms with Crippen molar-refractivity contribution in [1.29, 1.82) is 0 Å². The van der Waals surface area contributed by atoms with Crippen LogP contribution in [0.3, 0.4) is 0 Å². The summed E-state index contributed by atoms with van der Waals surface area (Å²) in [4.78, 5) is 13.1. The maximum atomic E-state index is 13.1. The zero-order valence-electron chi connectivity index (χ0n) is 26.6. The first-order valence-electron chi connectivity index (χ1n) is 15.9. The summed E-state index contributed by atoms with van der Waals surface area (Å²) >= 11 is 0. The number of amides is 1. The monoisotopic (exact) mass is 633 g/mol. The summed E-state index contributed by atoms with van der Waals surface area (Å²) in [5.74, 6) is -0.408. The van der Waals surface area contributed by atoms with Gasteiger partial charge >= 0.3 is 0 Å². The molecule has 1 N–H and O–H groups in total. The second kappa shape index (κ2) is 17.5. The van der Waals surface area contributed by atoms with Gasteiger partial charge in [-0.25, -0.2) is 0 Å². The largest absolute Gasteiger partial charge is 0.374 e. The molecule has 1 aliphatic rings. The van der Waals surface area contributed by atoms with E-state index in [0.29, 0.717) is 19.8 Å². The number of hydrogen-bond donors (Lipinski definition) is 1. The summed E-state index contributed by atoms with van der Waals surface area (Å²) in [6, 6.07) is 39.7. The topological polar surface area (TPSA) is 75.3 Å². The third kappa shape index (κ3) is 9.58. The molecule has 47 heavy (non-hydrogen) atoms. The number of ether oxygens (including phenoxy) is 5. The second-order valence-electron chi connectivity index (χ2n) is 11.5. The SMILES string of the molecule is C=CC[C@]1(NC(=O)C=C)O[C@H](COCc2ccccc2)[C@@H](OCc2ccccc2)[C@H](OCc2ccccc2)[C@H]1OCc1ccccc1. The van der Waals surface area contributed by atoms with Gasteiger partial charge in [-0.05, 0) is 28.3 Å². The second-order valence-corrected chi connectivity index (χ2v) is 11.5. The molecule has 244 valence electrons. The van der Waals surface area contributed by atoms with Crippen molar-refractivity contribution < 1.29 is 28.5 Å². The quantitative estimate of drug-likeness (QED) is 0.100. The van der Waals surface area contributed by atoms with Gasteiger partial charge in [-0.3, -0.25) is 4.79 Å². The number of hydrogen-bond acceptors (Lipinski definition) is 6. The Morgan fingerprint density at radius 3 is 1.57 bits per heavy atom. The lowest BCUT2D eigenvalue weighted by Gasteiger charge is -2.52. The zero-order valence-corrected chi connectivity index (χ0v) is 26.6. The molecule has 5 rings (SSSR count). The summed E-state index contributed by atoms with van der Waals surface area (Å²) in [5, 5.41) is 3.06. The van der Waals surface area contributed by atoms with Crippen LogP contribution in [0.2, 0.25) is 0 Å². The fourth-order valence-electron chi connectivity index (χ4n) is 5.75. The molecule has 7 nitrogen and oxygen atoms in total. The molecule has 1 heterocycles.